The fourth-order valence-electron chi connectivity index (χ4n) is 3.89. The second kappa shape index (κ2) is 10.0. The number of piperazine rings is 1. The van der Waals surface area contributed by atoms with E-state index in [1.165, 1.54) is 28.6 Å². The standard InChI is InChI=1S/C25H28N4O2S/c1-18-7-6-10-21(15-18)28-11-13-29(14-12-28)23(30)16-22-19(2)26-25(27-24(22)31)32-17-20-8-4-3-5-9-20/h3-10,15H,11-14,16-17H2,1-2H3,(H,26,27,31). The zero-order valence-electron chi connectivity index (χ0n) is 18.5. The van der Waals surface area contributed by atoms with Crippen molar-refractivity contribution < 1.29 is 4.79 Å². The Labute approximate surface area is 192 Å². The van der Waals surface area contributed by atoms with Gasteiger partial charge in [0.2, 0.25) is 5.91 Å². The number of thioether (sulfide) groups is 1. The number of carbonyl (C=O) groups excluding carboxylic acids is 1. The first-order valence-electron chi connectivity index (χ1n) is 10.9. The van der Waals surface area contributed by atoms with E-state index in [9.17, 15) is 9.59 Å². The van der Waals surface area contributed by atoms with Crippen molar-refractivity contribution in [2.75, 3.05) is 31.1 Å². The van der Waals surface area contributed by atoms with Crippen LogP contribution in [0.5, 0.6) is 0 Å². The summed E-state index contributed by atoms with van der Waals surface area (Å²) in [4.78, 5) is 37.1. The van der Waals surface area contributed by atoms with Gasteiger partial charge in [0.25, 0.3) is 5.56 Å². The van der Waals surface area contributed by atoms with Crippen molar-refractivity contribution in [1.82, 2.24) is 14.9 Å². The molecule has 7 heteroatoms. The van der Waals surface area contributed by atoms with E-state index in [4.69, 9.17) is 0 Å². The molecule has 0 atom stereocenters. The molecule has 2 heterocycles. The Balaban J connectivity index is 1.35. The maximum atomic E-state index is 12.9. The van der Waals surface area contributed by atoms with E-state index < -0.39 is 0 Å². The fourth-order valence-corrected chi connectivity index (χ4v) is 4.75. The van der Waals surface area contributed by atoms with Crippen LogP contribution in [-0.2, 0) is 17.0 Å². The second-order valence-corrected chi connectivity index (χ2v) is 9.06. The first-order valence-corrected chi connectivity index (χ1v) is 11.8. The quantitative estimate of drug-likeness (QED) is 0.461. The molecule has 1 aliphatic heterocycles. The van der Waals surface area contributed by atoms with Crippen LogP contribution in [0.3, 0.4) is 0 Å². The number of amides is 1. The minimum atomic E-state index is -0.222. The van der Waals surface area contributed by atoms with E-state index in [0.29, 0.717) is 29.5 Å². The summed E-state index contributed by atoms with van der Waals surface area (Å²) in [5.41, 5.74) is 4.45. The van der Waals surface area contributed by atoms with Crippen LogP contribution in [0.25, 0.3) is 0 Å². The van der Waals surface area contributed by atoms with Crippen LogP contribution in [0.1, 0.15) is 22.4 Å². The molecule has 1 saturated heterocycles. The number of nitrogens with zero attached hydrogens (tertiary/aromatic N) is 3. The molecule has 1 aromatic heterocycles. The van der Waals surface area contributed by atoms with E-state index in [1.807, 2.05) is 35.2 Å². The van der Waals surface area contributed by atoms with E-state index in [2.05, 4.69) is 46.1 Å². The van der Waals surface area contributed by atoms with Gasteiger partial charge in [-0.15, -0.1) is 0 Å². The molecule has 2 aromatic carbocycles. The van der Waals surface area contributed by atoms with Crippen LogP contribution in [0.2, 0.25) is 0 Å². The third kappa shape index (κ3) is 5.40. The van der Waals surface area contributed by atoms with Gasteiger partial charge in [0.05, 0.1) is 6.42 Å². The summed E-state index contributed by atoms with van der Waals surface area (Å²) in [6, 6.07) is 18.5. The van der Waals surface area contributed by atoms with Crippen molar-refractivity contribution in [3.8, 4) is 0 Å². The molecule has 166 valence electrons. The third-order valence-corrected chi connectivity index (χ3v) is 6.69. The molecule has 0 saturated carbocycles. The number of nitrogens with one attached hydrogen (secondary N) is 1. The van der Waals surface area contributed by atoms with Crippen molar-refractivity contribution in [3.05, 3.63) is 87.3 Å². The van der Waals surface area contributed by atoms with E-state index >= 15 is 0 Å². The van der Waals surface area contributed by atoms with Gasteiger partial charge in [-0.3, -0.25) is 9.59 Å². The lowest BCUT2D eigenvalue weighted by Gasteiger charge is -2.36. The minimum Gasteiger partial charge on any atom is -0.368 e. The summed E-state index contributed by atoms with van der Waals surface area (Å²) in [6.07, 6.45) is 0.0856. The zero-order chi connectivity index (χ0) is 22.5. The van der Waals surface area contributed by atoms with Gasteiger partial charge in [0.1, 0.15) is 0 Å². The Morgan fingerprint density at radius 3 is 2.47 bits per heavy atom. The number of rotatable bonds is 6. The number of aromatic amines is 1. The molecule has 32 heavy (non-hydrogen) atoms. The molecule has 0 bridgehead atoms. The second-order valence-electron chi connectivity index (χ2n) is 8.09. The van der Waals surface area contributed by atoms with Gasteiger partial charge < -0.3 is 14.8 Å². The van der Waals surface area contributed by atoms with Crippen molar-refractivity contribution in [3.63, 3.8) is 0 Å². The SMILES string of the molecule is Cc1cccc(N2CCN(C(=O)Cc3c(C)nc(SCc4ccccc4)[nH]c3=O)CC2)c1. The van der Waals surface area contributed by atoms with Crippen LogP contribution in [0.15, 0.2) is 64.5 Å². The number of carbonyl (C=O) groups is 1. The molecule has 1 aliphatic rings. The van der Waals surface area contributed by atoms with Crippen molar-refractivity contribution in [1.29, 1.82) is 0 Å². The molecule has 6 nitrogen and oxygen atoms in total. The minimum absolute atomic E-state index is 0.0195. The van der Waals surface area contributed by atoms with Crippen LogP contribution in [-0.4, -0.2) is 47.0 Å². The Kier molecular flexibility index (Phi) is 6.95. The third-order valence-electron chi connectivity index (χ3n) is 5.75. The normalized spacial score (nSPS) is 13.9. The van der Waals surface area contributed by atoms with Gasteiger partial charge in [0.15, 0.2) is 5.16 Å². The number of anilines is 1. The summed E-state index contributed by atoms with van der Waals surface area (Å²) in [5.74, 6) is 0.709. The predicted molar refractivity (Wildman–Crippen MR) is 129 cm³/mol. The molecular weight excluding hydrogens is 420 g/mol. The van der Waals surface area contributed by atoms with Gasteiger partial charge in [-0.1, -0.05) is 54.2 Å². The largest absolute Gasteiger partial charge is 0.368 e. The lowest BCUT2D eigenvalue weighted by molar-refractivity contribution is -0.130. The fraction of sp³-hybridized carbons (Fsp3) is 0.320. The predicted octanol–water partition coefficient (Wildman–Crippen LogP) is 3.57. The van der Waals surface area contributed by atoms with Gasteiger partial charge in [-0.2, -0.15) is 0 Å². The number of H-pyrrole nitrogens is 1. The smallest absolute Gasteiger partial charge is 0.255 e. The number of hydrogen-bond donors (Lipinski definition) is 1. The lowest BCUT2D eigenvalue weighted by Crippen LogP contribution is -2.49. The Hall–Kier alpha value is -3.06. The summed E-state index contributed by atoms with van der Waals surface area (Å²) in [5, 5.41) is 0.583. The van der Waals surface area contributed by atoms with Crippen LogP contribution >= 0.6 is 11.8 Å². The highest BCUT2D eigenvalue weighted by molar-refractivity contribution is 7.98. The maximum Gasteiger partial charge on any atom is 0.255 e. The average molecular weight is 449 g/mol. The van der Waals surface area contributed by atoms with Crippen molar-refractivity contribution >= 4 is 23.4 Å². The first kappa shape index (κ1) is 22.1. The molecular formula is C25H28N4O2S. The summed E-state index contributed by atoms with van der Waals surface area (Å²) in [6.45, 7) is 6.78. The summed E-state index contributed by atoms with van der Waals surface area (Å²) in [7, 11) is 0. The summed E-state index contributed by atoms with van der Waals surface area (Å²) >= 11 is 1.49. The molecule has 1 fully saturated rings. The van der Waals surface area contributed by atoms with E-state index in [1.54, 1.807) is 6.92 Å². The van der Waals surface area contributed by atoms with Crippen LogP contribution in [0.4, 0.5) is 5.69 Å². The Morgan fingerprint density at radius 2 is 1.78 bits per heavy atom. The molecule has 1 N–H and O–H groups in total. The van der Waals surface area contributed by atoms with E-state index in [0.717, 1.165) is 18.8 Å². The Morgan fingerprint density at radius 1 is 1.03 bits per heavy atom. The van der Waals surface area contributed by atoms with Gasteiger partial charge in [-0.05, 0) is 37.1 Å². The van der Waals surface area contributed by atoms with Gasteiger partial charge in [-0.25, -0.2) is 4.98 Å². The van der Waals surface area contributed by atoms with Crippen molar-refractivity contribution in [2.45, 2.75) is 31.2 Å². The van der Waals surface area contributed by atoms with Crippen molar-refractivity contribution in [2.24, 2.45) is 0 Å². The average Bonchev–Trinajstić information content (AvgIpc) is 2.81. The van der Waals surface area contributed by atoms with Crippen LogP contribution < -0.4 is 10.5 Å². The monoisotopic (exact) mass is 448 g/mol. The Bertz CT molecular complexity index is 1140. The van der Waals surface area contributed by atoms with Gasteiger partial charge >= 0.3 is 0 Å². The highest BCUT2D eigenvalue weighted by Crippen LogP contribution is 2.20. The lowest BCUT2D eigenvalue weighted by atomic mass is 10.1. The molecule has 0 unspecified atom stereocenters. The zero-order valence-corrected chi connectivity index (χ0v) is 19.3. The first-order chi connectivity index (χ1) is 15.5. The molecule has 0 radical (unpaired) electrons. The van der Waals surface area contributed by atoms with E-state index in [-0.39, 0.29) is 17.9 Å². The molecule has 0 aliphatic carbocycles. The molecule has 0 spiro atoms. The molecule has 1 amide bonds. The number of aromatic nitrogens is 2. The highest BCUT2D eigenvalue weighted by atomic mass is 32.2. The highest BCUT2D eigenvalue weighted by Gasteiger charge is 2.23. The number of benzene rings is 2. The summed E-state index contributed by atoms with van der Waals surface area (Å²) < 4.78 is 0. The molecule has 3 aromatic rings. The topological polar surface area (TPSA) is 69.3 Å². The maximum absolute atomic E-state index is 12.9. The molecule has 4 rings (SSSR count). The number of aryl methyl sites for hydroxylation is 2. The van der Waals surface area contributed by atoms with Gasteiger partial charge in [0, 0.05) is 48.9 Å². The van der Waals surface area contributed by atoms with Crippen LogP contribution in [0, 0.1) is 13.8 Å². The number of hydrogen-bond acceptors (Lipinski definition) is 5.